The molecule has 0 aromatic heterocycles. The van der Waals surface area contributed by atoms with E-state index >= 15 is 0 Å². The highest BCUT2D eigenvalue weighted by Crippen LogP contribution is 2.30. The average Bonchev–Trinajstić information content (AvgIpc) is 2.89. The molecular weight excluding hydrogens is 553 g/mol. The van der Waals surface area contributed by atoms with Crippen LogP contribution in [0.5, 0.6) is 5.75 Å². The summed E-state index contributed by atoms with van der Waals surface area (Å²) in [6, 6.07) is 4.52. The van der Waals surface area contributed by atoms with Gasteiger partial charge in [0, 0.05) is 37.7 Å². The van der Waals surface area contributed by atoms with Crippen molar-refractivity contribution < 1.29 is 41.0 Å². The van der Waals surface area contributed by atoms with Gasteiger partial charge in [0.05, 0.1) is 13.7 Å². The summed E-state index contributed by atoms with van der Waals surface area (Å²) in [6.45, 7) is 5.61. The number of benzene rings is 1. The van der Waals surface area contributed by atoms with Crippen LogP contribution in [0.1, 0.15) is 25.7 Å². The van der Waals surface area contributed by atoms with Crippen molar-refractivity contribution in [2.75, 3.05) is 66.0 Å². The molecule has 1 aromatic rings. The summed E-state index contributed by atoms with van der Waals surface area (Å²) in [5.74, 6) is -2.71. The number of ether oxygens (including phenoxy) is 1. The number of hydrogen-bond acceptors (Lipinski definition) is 7. The maximum absolute atomic E-state index is 13.6. The minimum Gasteiger partial charge on any atom is -0.495 e. The number of sulfonamides is 1. The third-order valence-corrected chi connectivity index (χ3v) is 8.20. The number of nitrogens with zero attached hydrogens (tertiary/aromatic N) is 3. The summed E-state index contributed by atoms with van der Waals surface area (Å²) < 4.78 is 65.4. The Labute approximate surface area is 225 Å². The Morgan fingerprint density at radius 3 is 2.29 bits per heavy atom. The van der Waals surface area contributed by atoms with Gasteiger partial charge in [0.1, 0.15) is 10.6 Å². The van der Waals surface area contributed by atoms with Crippen LogP contribution in [0.25, 0.3) is 0 Å². The monoisotopic (exact) mass is 586 g/mol. The van der Waals surface area contributed by atoms with Crippen molar-refractivity contribution in [3.63, 3.8) is 0 Å². The molecule has 0 atom stereocenters. The van der Waals surface area contributed by atoms with Crippen molar-refractivity contribution in [2.24, 2.45) is 0 Å². The minimum absolute atomic E-state index is 0.00594. The standard InChI is InChI=1S/C21H33ClN4O4S.C2HF3O2/c1-30-19-7-6-18(22)16-20(19)31(28,29)26(13-5-12-24-10-3-2-4-11-24)17-21(27)25-14-8-23-9-15-25;3-2(4,5)1(6)7/h6-7,16,23H,2-5,8-15,17H2,1H3;(H,6,7). The topological polar surface area (TPSA) is 119 Å². The second-order valence-electron chi connectivity index (χ2n) is 8.82. The van der Waals surface area contributed by atoms with E-state index in [9.17, 15) is 26.4 Å². The number of nitrogens with one attached hydrogen (secondary N) is 1. The molecule has 38 heavy (non-hydrogen) atoms. The fraction of sp³-hybridized carbons (Fsp3) is 0.652. The van der Waals surface area contributed by atoms with E-state index in [1.807, 2.05) is 0 Å². The van der Waals surface area contributed by atoms with E-state index in [0.717, 1.165) is 32.7 Å². The number of carboxylic acid groups (broad SMARTS) is 1. The van der Waals surface area contributed by atoms with Crippen molar-refractivity contribution in [2.45, 2.75) is 36.8 Å². The molecule has 2 N–H and O–H groups in total. The zero-order chi connectivity index (χ0) is 28.3. The molecule has 2 aliphatic heterocycles. The van der Waals surface area contributed by atoms with Crippen LogP contribution in [0.2, 0.25) is 5.02 Å². The molecule has 0 radical (unpaired) electrons. The van der Waals surface area contributed by atoms with Gasteiger partial charge in [-0.2, -0.15) is 17.5 Å². The van der Waals surface area contributed by atoms with Crippen LogP contribution < -0.4 is 10.1 Å². The summed E-state index contributed by atoms with van der Waals surface area (Å²) in [4.78, 5) is 25.9. The Morgan fingerprint density at radius 2 is 1.74 bits per heavy atom. The largest absolute Gasteiger partial charge is 0.495 e. The van der Waals surface area contributed by atoms with Crippen LogP contribution in [0.15, 0.2) is 23.1 Å². The Bertz CT molecular complexity index is 1030. The van der Waals surface area contributed by atoms with Crippen LogP contribution in [0.4, 0.5) is 13.2 Å². The fourth-order valence-corrected chi connectivity index (χ4v) is 5.94. The van der Waals surface area contributed by atoms with E-state index in [2.05, 4.69) is 10.2 Å². The Balaban J connectivity index is 0.000000638. The van der Waals surface area contributed by atoms with Crippen molar-refractivity contribution in [1.29, 1.82) is 0 Å². The molecule has 10 nitrogen and oxygen atoms in total. The van der Waals surface area contributed by atoms with Crippen LogP contribution >= 0.6 is 11.6 Å². The quantitative estimate of drug-likeness (QED) is 0.452. The first-order chi connectivity index (χ1) is 17.9. The number of amides is 1. The van der Waals surface area contributed by atoms with Gasteiger partial charge in [-0.1, -0.05) is 18.0 Å². The number of alkyl halides is 3. The number of rotatable bonds is 9. The number of carbonyl (C=O) groups excluding carboxylic acids is 1. The van der Waals surface area contributed by atoms with Gasteiger partial charge >= 0.3 is 12.1 Å². The highest BCUT2D eigenvalue weighted by molar-refractivity contribution is 7.89. The van der Waals surface area contributed by atoms with Crippen LogP contribution in [-0.2, 0) is 19.6 Å². The van der Waals surface area contributed by atoms with Gasteiger partial charge in [-0.15, -0.1) is 0 Å². The van der Waals surface area contributed by atoms with Gasteiger partial charge < -0.3 is 25.0 Å². The molecule has 15 heteroatoms. The number of aliphatic carboxylic acids is 1. The van der Waals surface area contributed by atoms with E-state index in [-0.39, 0.29) is 29.6 Å². The first kappa shape index (κ1) is 32.1. The van der Waals surface area contributed by atoms with Crippen molar-refractivity contribution >= 4 is 33.5 Å². The fourth-order valence-electron chi connectivity index (χ4n) is 4.09. The Hall–Kier alpha value is -2.13. The van der Waals surface area contributed by atoms with E-state index in [1.54, 1.807) is 17.0 Å². The molecule has 2 fully saturated rings. The number of halogens is 4. The second kappa shape index (κ2) is 14.9. The zero-order valence-electron chi connectivity index (χ0n) is 21.2. The lowest BCUT2D eigenvalue weighted by molar-refractivity contribution is -0.192. The highest BCUT2D eigenvalue weighted by atomic mass is 35.5. The summed E-state index contributed by atoms with van der Waals surface area (Å²) in [5, 5.41) is 10.6. The Kier molecular flexibility index (Phi) is 12.6. The third-order valence-electron chi connectivity index (χ3n) is 6.10. The van der Waals surface area contributed by atoms with Gasteiger partial charge in [-0.3, -0.25) is 4.79 Å². The third kappa shape index (κ3) is 9.88. The number of methoxy groups -OCH3 is 1. The van der Waals surface area contributed by atoms with E-state index < -0.39 is 22.2 Å². The molecule has 0 spiro atoms. The maximum atomic E-state index is 13.6. The van der Waals surface area contributed by atoms with E-state index in [4.69, 9.17) is 26.2 Å². The molecule has 2 heterocycles. The SMILES string of the molecule is COc1ccc(Cl)cc1S(=O)(=O)N(CCCN1CCCCC1)CC(=O)N1CCNCC1.O=C(O)C(F)(F)F. The van der Waals surface area contributed by atoms with Crippen molar-refractivity contribution in [3.05, 3.63) is 23.2 Å². The molecule has 3 rings (SSSR count). The molecule has 2 aliphatic rings. The summed E-state index contributed by atoms with van der Waals surface area (Å²) >= 11 is 6.09. The first-order valence-electron chi connectivity index (χ1n) is 12.2. The van der Waals surface area contributed by atoms with E-state index in [0.29, 0.717) is 24.5 Å². The molecular formula is C23H34ClF3N4O6S. The number of carbonyl (C=O) groups is 2. The predicted octanol–water partition coefficient (Wildman–Crippen LogP) is 2.28. The number of hydrogen-bond donors (Lipinski definition) is 2. The van der Waals surface area contributed by atoms with Crippen molar-refractivity contribution in [3.8, 4) is 5.75 Å². The maximum Gasteiger partial charge on any atom is 0.490 e. The van der Waals surface area contributed by atoms with Crippen LogP contribution in [0.3, 0.4) is 0 Å². The zero-order valence-corrected chi connectivity index (χ0v) is 22.7. The van der Waals surface area contributed by atoms with E-state index in [1.165, 1.54) is 36.7 Å². The normalized spacial score (nSPS) is 17.1. The lowest BCUT2D eigenvalue weighted by atomic mass is 10.1. The average molecular weight is 587 g/mol. The molecule has 0 aliphatic carbocycles. The van der Waals surface area contributed by atoms with Crippen molar-refractivity contribution in [1.82, 2.24) is 19.4 Å². The molecule has 0 bridgehead atoms. The van der Waals surface area contributed by atoms with Crippen LogP contribution in [0, 0.1) is 0 Å². The number of piperidine rings is 1. The lowest BCUT2D eigenvalue weighted by Crippen LogP contribution is -2.50. The van der Waals surface area contributed by atoms with Gasteiger partial charge in [0.2, 0.25) is 15.9 Å². The molecule has 2 saturated heterocycles. The smallest absolute Gasteiger partial charge is 0.490 e. The van der Waals surface area contributed by atoms with Gasteiger partial charge in [-0.05, 0) is 57.1 Å². The van der Waals surface area contributed by atoms with Gasteiger partial charge in [-0.25, -0.2) is 13.2 Å². The number of likely N-dealkylation sites (tertiary alicyclic amines) is 1. The minimum atomic E-state index is -5.08. The Morgan fingerprint density at radius 1 is 1.13 bits per heavy atom. The number of carboxylic acids is 1. The second-order valence-corrected chi connectivity index (χ2v) is 11.2. The first-order valence-corrected chi connectivity index (χ1v) is 14.0. The van der Waals surface area contributed by atoms with Crippen LogP contribution in [-0.4, -0.2) is 112 Å². The summed E-state index contributed by atoms with van der Waals surface area (Å²) in [6.07, 6.45) is -0.797. The molecule has 1 amide bonds. The molecule has 1 aromatic carbocycles. The summed E-state index contributed by atoms with van der Waals surface area (Å²) in [7, 11) is -2.54. The lowest BCUT2D eigenvalue weighted by Gasteiger charge is -2.31. The molecule has 216 valence electrons. The number of piperazine rings is 1. The predicted molar refractivity (Wildman–Crippen MR) is 135 cm³/mol. The summed E-state index contributed by atoms with van der Waals surface area (Å²) in [5.41, 5.74) is 0. The molecule has 0 unspecified atom stereocenters. The highest BCUT2D eigenvalue weighted by Gasteiger charge is 2.38. The van der Waals surface area contributed by atoms with Gasteiger partial charge in [0.15, 0.2) is 0 Å². The molecule has 0 saturated carbocycles. The van der Waals surface area contributed by atoms with Gasteiger partial charge in [0.25, 0.3) is 0 Å².